The molecule has 4 rings (SSSR count). The number of carbonyl (C=O) groups is 2. The SMILES string of the molecule is O=C(O)CC(=O)OC[C@H]1O[C@@H](Oc2c(-c3ccc(O)c(O)c3)oc3cc(O)cc(O)c3c2=O)[C@H](O)[C@H](O)[C@@H]1O. The Morgan fingerprint density at radius 2 is 1.62 bits per heavy atom. The van der Waals surface area contributed by atoms with Crippen LogP contribution < -0.4 is 10.2 Å². The van der Waals surface area contributed by atoms with Gasteiger partial charge in [-0.3, -0.25) is 14.4 Å². The molecule has 0 unspecified atom stereocenters. The number of aliphatic hydroxyl groups excluding tert-OH is 3. The van der Waals surface area contributed by atoms with Crippen LogP contribution in [0.4, 0.5) is 0 Å². The minimum absolute atomic E-state index is 0.0489. The largest absolute Gasteiger partial charge is 0.508 e. The lowest BCUT2D eigenvalue weighted by Crippen LogP contribution is -2.60. The fourth-order valence-electron chi connectivity index (χ4n) is 3.85. The molecule has 0 aliphatic carbocycles. The number of aliphatic hydroxyl groups is 3. The molecule has 2 heterocycles. The van der Waals surface area contributed by atoms with E-state index in [1.165, 1.54) is 6.07 Å². The van der Waals surface area contributed by atoms with E-state index in [4.69, 9.17) is 23.7 Å². The summed E-state index contributed by atoms with van der Waals surface area (Å²) < 4.78 is 21.4. The highest BCUT2D eigenvalue weighted by molar-refractivity contribution is 5.90. The molecule has 0 bridgehead atoms. The Hall–Kier alpha value is -4.57. The summed E-state index contributed by atoms with van der Waals surface area (Å²) in [6.07, 6.45) is -10.2. The van der Waals surface area contributed by atoms with E-state index < -0.39 is 101 Å². The molecule has 0 saturated carbocycles. The Bertz CT molecular complexity index is 1480. The number of hydrogen-bond donors (Lipinski definition) is 8. The summed E-state index contributed by atoms with van der Waals surface area (Å²) in [6, 6.07) is 5.14. The number of hydrogen-bond acceptors (Lipinski definition) is 14. The van der Waals surface area contributed by atoms with Gasteiger partial charge in [0, 0.05) is 17.7 Å². The van der Waals surface area contributed by atoms with Gasteiger partial charge in [0.05, 0.1) is 0 Å². The van der Waals surface area contributed by atoms with Gasteiger partial charge in [-0.25, -0.2) is 0 Å². The number of rotatable bonds is 7. The zero-order valence-corrected chi connectivity index (χ0v) is 19.6. The van der Waals surface area contributed by atoms with Gasteiger partial charge in [0.25, 0.3) is 0 Å². The van der Waals surface area contributed by atoms with Crippen LogP contribution in [0.1, 0.15) is 6.42 Å². The minimum atomic E-state index is -1.99. The lowest BCUT2D eigenvalue weighted by atomic mass is 9.99. The number of carbonyl (C=O) groups excluding carboxylic acids is 1. The molecule has 0 amide bonds. The molecule has 15 nitrogen and oxygen atoms in total. The number of benzene rings is 2. The Balaban J connectivity index is 1.76. The first kappa shape index (κ1) is 27.5. The molecule has 208 valence electrons. The molecule has 8 N–H and O–H groups in total. The van der Waals surface area contributed by atoms with E-state index in [-0.39, 0.29) is 11.1 Å². The Morgan fingerprint density at radius 3 is 2.28 bits per heavy atom. The normalized spacial score (nSPS) is 22.9. The molecule has 0 radical (unpaired) electrons. The molecule has 1 saturated heterocycles. The molecule has 3 aromatic rings. The van der Waals surface area contributed by atoms with E-state index in [0.29, 0.717) is 0 Å². The number of carboxylic acids is 1. The van der Waals surface area contributed by atoms with E-state index in [1.807, 2.05) is 0 Å². The number of esters is 1. The highest BCUT2D eigenvalue weighted by Gasteiger charge is 2.46. The smallest absolute Gasteiger partial charge is 0.317 e. The lowest BCUT2D eigenvalue weighted by molar-refractivity contribution is -0.278. The standard InChI is InChI=1S/C24H22O15/c25-9-4-12(28)17-13(5-9)37-22(8-1-2-10(26)11(27)3-8)23(19(17)33)39-24-21(35)20(34)18(32)14(38-24)7-36-16(31)6-15(29)30/h1-5,14,18,20-21,24-28,32,34-35H,6-7H2,(H,29,30)/t14-,18-,20-,21-,24+/m1/s1. The number of aromatic hydroxyl groups is 4. The van der Waals surface area contributed by atoms with Crippen LogP contribution in [0.15, 0.2) is 39.5 Å². The van der Waals surface area contributed by atoms with Crippen LogP contribution in [0.25, 0.3) is 22.3 Å². The predicted molar refractivity (Wildman–Crippen MR) is 125 cm³/mol. The molecule has 15 heteroatoms. The van der Waals surface area contributed by atoms with E-state index in [2.05, 4.69) is 0 Å². The van der Waals surface area contributed by atoms with Gasteiger partial charge in [0.2, 0.25) is 17.5 Å². The topological polar surface area (TPSA) is 254 Å². The van der Waals surface area contributed by atoms with Crippen LogP contribution in [-0.2, 0) is 19.1 Å². The zero-order valence-electron chi connectivity index (χ0n) is 19.6. The summed E-state index contributed by atoms with van der Waals surface area (Å²) in [5, 5.41) is 79.0. The van der Waals surface area contributed by atoms with E-state index in [9.17, 15) is 50.1 Å². The summed E-state index contributed by atoms with van der Waals surface area (Å²) in [5.74, 6) is -6.09. The highest BCUT2D eigenvalue weighted by Crippen LogP contribution is 2.39. The van der Waals surface area contributed by atoms with Crippen molar-refractivity contribution in [3.63, 3.8) is 0 Å². The fourth-order valence-corrected chi connectivity index (χ4v) is 3.85. The molecule has 1 aromatic heterocycles. The maximum atomic E-state index is 13.4. The number of aliphatic carboxylic acids is 1. The third-order valence-corrected chi connectivity index (χ3v) is 5.76. The van der Waals surface area contributed by atoms with Crippen molar-refractivity contribution in [3.05, 3.63) is 40.6 Å². The van der Waals surface area contributed by atoms with Crippen LogP contribution in [-0.4, -0.2) is 90.1 Å². The molecule has 1 fully saturated rings. The monoisotopic (exact) mass is 550 g/mol. The van der Waals surface area contributed by atoms with Crippen molar-refractivity contribution >= 4 is 22.9 Å². The third-order valence-electron chi connectivity index (χ3n) is 5.76. The number of carboxylic acid groups (broad SMARTS) is 1. The Labute approximate surface area is 216 Å². The minimum Gasteiger partial charge on any atom is -0.508 e. The van der Waals surface area contributed by atoms with E-state index >= 15 is 0 Å². The summed E-state index contributed by atoms with van der Waals surface area (Å²) >= 11 is 0. The van der Waals surface area contributed by atoms with Gasteiger partial charge in [-0.2, -0.15) is 0 Å². The van der Waals surface area contributed by atoms with Crippen molar-refractivity contribution in [2.75, 3.05) is 6.61 Å². The van der Waals surface area contributed by atoms with Gasteiger partial charge >= 0.3 is 11.9 Å². The van der Waals surface area contributed by atoms with Crippen LogP contribution in [0.2, 0.25) is 0 Å². The third kappa shape index (κ3) is 5.51. The number of phenolic OH excluding ortho intramolecular Hbond substituents is 4. The Morgan fingerprint density at radius 1 is 0.897 bits per heavy atom. The van der Waals surface area contributed by atoms with Gasteiger partial charge in [-0.05, 0) is 18.2 Å². The molecule has 1 aliphatic rings. The molecule has 2 aromatic carbocycles. The second-order valence-corrected chi connectivity index (χ2v) is 8.52. The molecule has 5 atom stereocenters. The van der Waals surface area contributed by atoms with E-state index in [0.717, 1.165) is 24.3 Å². The second kappa shape index (κ2) is 10.7. The van der Waals surface area contributed by atoms with Crippen molar-refractivity contribution in [2.45, 2.75) is 37.1 Å². The van der Waals surface area contributed by atoms with E-state index in [1.54, 1.807) is 0 Å². The van der Waals surface area contributed by atoms with Crippen LogP contribution in [0, 0.1) is 0 Å². The van der Waals surface area contributed by atoms with Gasteiger partial charge in [-0.15, -0.1) is 0 Å². The number of fused-ring (bicyclic) bond motifs is 1. The molecular formula is C24H22O15. The maximum absolute atomic E-state index is 13.4. The first-order chi connectivity index (χ1) is 18.4. The van der Waals surface area contributed by atoms with Gasteiger partial charge in [0.15, 0.2) is 17.3 Å². The average Bonchev–Trinajstić information content (AvgIpc) is 2.85. The number of phenols is 4. The highest BCUT2D eigenvalue weighted by atomic mass is 16.7. The summed E-state index contributed by atoms with van der Waals surface area (Å²) in [6.45, 7) is -0.762. The molecule has 39 heavy (non-hydrogen) atoms. The van der Waals surface area contributed by atoms with Crippen molar-refractivity contribution in [1.82, 2.24) is 0 Å². The Kier molecular flexibility index (Phi) is 7.51. The fraction of sp³-hybridized carbons (Fsp3) is 0.292. The van der Waals surface area contributed by atoms with Gasteiger partial charge in [0.1, 0.15) is 59.9 Å². The number of ether oxygens (including phenoxy) is 3. The van der Waals surface area contributed by atoms with Crippen molar-refractivity contribution < 1.29 is 69.1 Å². The van der Waals surface area contributed by atoms with Crippen molar-refractivity contribution in [1.29, 1.82) is 0 Å². The van der Waals surface area contributed by atoms with Gasteiger partial charge < -0.3 is 59.5 Å². The predicted octanol–water partition coefficient (Wildman–Crippen LogP) is -0.513. The summed E-state index contributed by atoms with van der Waals surface area (Å²) in [5.41, 5.74) is -1.40. The first-order valence-corrected chi connectivity index (χ1v) is 11.2. The average molecular weight is 550 g/mol. The van der Waals surface area contributed by atoms with Crippen LogP contribution >= 0.6 is 0 Å². The quantitative estimate of drug-likeness (QED) is 0.105. The maximum Gasteiger partial charge on any atom is 0.317 e. The van der Waals surface area contributed by atoms with Crippen molar-refractivity contribution in [2.24, 2.45) is 0 Å². The molecular weight excluding hydrogens is 528 g/mol. The first-order valence-electron chi connectivity index (χ1n) is 11.2. The summed E-state index contributed by atoms with van der Waals surface area (Å²) in [4.78, 5) is 35.7. The lowest BCUT2D eigenvalue weighted by Gasteiger charge is -2.39. The molecule has 1 aliphatic heterocycles. The van der Waals surface area contributed by atoms with Crippen LogP contribution in [0.3, 0.4) is 0 Å². The van der Waals surface area contributed by atoms with Crippen molar-refractivity contribution in [3.8, 4) is 40.1 Å². The zero-order chi connectivity index (χ0) is 28.6. The second-order valence-electron chi connectivity index (χ2n) is 8.52. The summed E-state index contributed by atoms with van der Waals surface area (Å²) in [7, 11) is 0. The van der Waals surface area contributed by atoms with Gasteiger partial charge in [-0.1, -0.05) is 0 Å². The van der Waals surface area contributed by atoms with Crippen LogP contribution in [0.5, 0.6) is 28.7 Å². The molecule has 0 spiro atoms.